The normalized spacial score (nSPS) is 10.9. The van der Waals surface area contributed by atoms with Crippen LogP contribution in [0.1, 0.15) is 5.76 Å². The Morgan fingerprint density at radius 3 is 2.57 bits per heavy atom. The Bertz CT molecular complexity index is 1130. The van der Waals surface area contributed by atoms with E-state index < -0.39 is 0 Å². The average Bonchev–Trinajstić information content (AvgIpc) is 3.43. The molecule has 0 aliphatic carbocycles. The quantitative estimate of drug-likeness (QED) is 0.413. The first kappa shape index (κ1) is 19.9. The maximum absolute atomic E-state index is 14.4. The zero-order chi connectivity index (χ0) is 20.9. The number of amides is 1. The van der Waals surface area contributed by atoms with Crippen molar-refractivity contribution in [3.63, 3.8) is 0 Å². The van der Waals surface area contributed by atoms with E-state index in [0.717, 1.165) is 5.69 Å². The summed E-state index contributed by atoms with van der Waals surface area (Å²) in [6, 6.07) is 19.5. The van der Waals surface area contributed by atoms with E-state index in [1.807, 2.05) is 36.4 Å². The molecule has 8 heteroatoms. The number of hydrogen-bond donors (Lipinski definition) is 0. The van der Waals surface area contributed by atoms with Gasteiger partial charge in [0.2, 0.25) is 5.91 Å². The zero-order valence-electron chi connectivity index (χ0n) is 16.2. The molecule has 0 fully saturated rings. The summed E-state index contributed by atoms with van der Waals surface area (Å²) in [5.41, 5.74) is 1.14. The van der Waals surface area contributed by atoms with Crippen molar-refractivity contribution in [2.75, 3.05) is 12.8 Å². The van der Waals surface area contributed by atoms with Crippen LogP contribution in [-0.4, -0.2) is 38.4 Å². The van der Waals surface area contributed by atoms with Gasteiger partial charge in [-0.3, -0.25) is 9.36 Å². The van der Waals surface area contributed by atoms with E-state index in [4.69, 9.17) is 4.42 Å². The molecule has 2 heterocycles. The molecular weight excluding hydrogens is 403 g/mol. The van der Waals surface area contributed by atoms with E-state index in [0.29, 0.717) is 28.8 Å². The van der Waals surface area contributed by atoms with Crippen LogP contribution in [0.15, 0.2) is 82.6 Å². The first-order valence-electron chi connectivity index (χ1n) is 9.28. The van der Waals surface area contributed by atoms with Crippen molar-refractivity contribution in [3.8, 4) is 17.1 Å². The molecule has 0 saturated carbocycles. The molecule has 0 atom stereocenters. The van der Waals surface area contributed by atoms with Crippen LogP contribution in [0.5, 0.6) is 0 Å². The number of para-hydroxylation sites is 1. The molecular formula is C22H19FN4O2S. The fourth-order valence-corrected chi connectivity index (χ4v) is 3.84. The van der Waals surface area contributed by atoms with Gasteiger partial charge in [0.15, 0.2) is 11.0 Å². The van der Waals surface area contributed by atoms with Crippen molar-refractivity contribution >= 4 is 17.7 Å². The van der Waals surface area contributed by atoms with E-state index in [1.165, 1.54) is 17.8 Å². The smallest absolute Gasteiger partial charge is 0.233 e. The highest BCUT2D eigenvalue weighted by Gasteiger charge is 2.20. The molecule has 0 N–H and O–H groups in total. The van der Waals surface area contributed by atoms with Gasteiger partial charge in [-0.1, -0.05) is 42.1 Å². The zero-order valence-corrected chi connectivity index (χ0v) is 17.1. The van der Waals surface area contributed by atoms with Crippen LogP contribution in [0.25, 0.3) is 17.1 Å². The maximum atomic E-state index is 14.4. The van der Waals surface area contributed by atoms with Gasteiger partial charge >= 0.3 is 0 Å². The van der Waals surface area contributed by atoms with Gasteiger partial charge < -0.3 is 9.32 Å². The second-order valence-corrected chi connectivity index (χ2v) is 7.52. The van der Waals surface area contributed by atoms with Gasteiger partial charge in [-0.05, 0) is 36.4 Å². The fourth-order valence-electron chi connectivity index (χ4n) is 2.95. The number of rotatable bonds is 7. The van der Waals surface area contributed by atoms with Crippen molar-refractivity contribution in [3.05, 3.63) is 84.6 Å². The molecule has 0 radical (unpaired) electrons. The van der Waals surface area contributed by atoms with E-state index in [-0.39, 0.29) is 17.5 Å². The predicted octanol–water partition coefficient (Wildman–Crippen LogP) is 4.42. The molecule has 0 bridgehead atoms. The van der Waals surface area contributed by atoms with E-state index in [2.05, 4.69) is 10.2 Å². The van der Waals surface area contributed by atoms with Gasteiger partial charge in [-0.15, -0.1) is 10.2 Å². The minimum Gasteiger partial charge on any atom is -0.467 e. The standard InChI is InChI=1S/C22H19FN4O2S/c1-26(14-17-10-7-13-29-17)20(28)15-30-22-25-24-21(18-11-5-6-12-19(18)23)27(22)16-8-3-2-4-9-16/h2-13H,14-15H2,1H3. The second kappa shape index (κ2) is 8.96. The lowest BCUT2D eigenvalue weighted by Gasteiger charge is -2.15. The number of furan rings is 1. The molecule has 0 spiro atoms. The Morgan fingerprint density at radius 2 is 1.83 bits per heavy atom. The van der Waals surface area contributed by atoms with Crippen molar-refractivity contribution < 1.29 is 13.6 Å². The molecule has 30 heavy (non-hydrogen) atoms. The van der Waals surface area contributed by atoms with Crippen molar-refractivity contribution in [1.29, 1.82) is 0 Å². The molecule has 0 aliphatic rings. The van der Waals surface area contributed by atoms with Crippen LogP contribution >= 0.6 is 11.8 Å². The Hall–Kier alpha value is -3.39. The third-order valence-electron chi connectivity index (χ3n) is 4.49. The minimum absolute atomic E-state index is 0.0774. The number of hydrogen-bond acceptors (Lipinski definition) is 5. The molecule has 0 unspecified atom stereocenters. The first-order valence-corrected chi connectivity index (χ1v) is 10.3. The van der Waals surface area contributed by atoms with E-state index >= 15 is 0 Å². The van der Waals surface area contributed by atoms with Crippen LogP contribution in [0.2, 0.25) is 0 Å². The number of carbonyl (C=O) groups excluding carboxylic acids is 1. The number of benzene rings is 2. The largest absolute Gasteiger partial charge is 0.467 e. The highest BCUT2D eigenvalue weighted by molar-refractivity contribution is 7.99. The van der Waals surface area contributed by atoms with Crippen molar-refractivity contribution in [2.24, 2.45) is 0 Å². The van der Waals surface area contributed by atoms with Crippen molar-refractivity contribution in [1.82, 2.24) is 19.7 Å². The van der Waals surface area contributed by atoms with Crippen molar-refractivity contribution in [2.45, 2.75) is 11.7 Å². The molecule has 2 aromatic heterocycles. The van der Waals surface area contributed by atoms with Crippen LogP contribution in [0, 0.1) is 5.82 Å². The molecule has 0 aliphatic heterocycles. The summed E-state index contributed by atoms with van der Waals surface area (Å²) >= 11 is 1.26. The summed E-state index contributed by atoms with van der Waals surface area (Å²) in [6.45, 7) is 0.387. The average molecular weight is 422 g/mol. The highest BCUT2D eigenvalue weighted by Crippen LogP contribution is 2.29. The first-order chi connectivity index (χ1) is 14.6. The van der Waals surface area contributed by atoms with Gasteiger partial charge in [0, 0.05) is 12.7 Å². The Balaban J connectivity index is 1.59. The summed E-state index contributed by atoms with van der Waals surface area (Å²) in [7, 11) is 1.72. The number of halogens is 1. The summed E-state index contributed by atoms with van der Waals surface area (Å²) in [6.07, 6.45) is 1.58. The van der Waals surface area contributed by atoms with E-state index in [1.54, 1.807) is 47.0 Å². The van der Waals surface area contributed by atoms with Gasteiger partial charge in [0.1, 0.15) is 11.6 Å². The van der Waals surface area contributed by atoms with Crippen LogP contribution in [-0.2, 0) is 11.3 Å². The van der Waals surface area contributed by atoms with Gasteiger partial charge in [0.05, 0.1) is 24.1 Å². The lowest BCUT2D eigenvalue weighted by atomic mass is 10.2. The van der Waals surface area contributed by atoms with Gasteiger partial charge in [-0.25, -0.2) is 4.39 Å². The molecule has 152 valence electrons. The Morgan fingerprint density at radius 1 is 1.07 bits per heavy atom. The lowest BCUT2D eigenvalue weighted by molar-refractivity contribution is -0.127. The molecule has 2 aromatic carbocycles. The summed E-state index contributed by atoms with van der Waals surface area (Å²) in [5.74, 6) is 0.807. The third kappa shape index (κ3) is 4.28. The fraction of sp³-hybridized carbons (Fsp3) is 0.136. The number of thioether (sulfide) groups is 1. The van der Waals surface area contributed by atoms with Crippen LogP contribution in [0.3, 0.4) is 0 Å². The molecule has 6 nitrogen and oxygen atoms in total. The highest BCUT2D eigenvalue weighted by atomic mass is 32.2. The molecule has 4 rings (SSSR count). The monoisotopic (exact) mass is 422 g/mol. The summed E-state index contributed by atoms with van der Waals surface area (Å²) in [5, 5.41) is 8.97. The van der Waals surface area contributed by atoms with Gasteiger partial charge in [0.25, 0.3) is 0 Å². The van der Waals surface area contributed by atoms with Gasteiger partial charge in [-0.2, -0.15) is 0 Å². The second-order valence-electron chi connectivity index (χ2n) is 6.57. The minimum atomic E-state index is -0.382. The maximum Gasteiger partial charge on any atom is 0.233 e. The lowest BCUT2D eigenvalue weighted by Crippen LogP contribution is -2.27. The summed E-state index contributed by atoms with van der Waals surface area (Å²) < 4.78 is 21.5. The Labute approximate surface area is 177 Å². The molecule has 1 amide bonds. The number of nitrogens with zero attached hydrogens (tertiary/aromatic N) is 4. The number of carbonyl (C=O) groups is 1. The van der Waals surface area contributed by atoms with E-state index in [9.17, 15) is 9.18 Å². The predicted molar refractivity (Wildman–Crippen MR) is 113 cm³/mol. The summed E-state index contributed by atoms with van der Waals surface area (Å²) in [4.78, 5) is 14.2. The topological polar surface area (TPSA) is 64.2 Å². The molecule has 4 aromatic rings. The third-order valence-corrected chi connectivity index (χ3v) is 5.40. The Kier molecular flexibility index (Phi) is 5.94. The molecule has 0 saturated heterocycles. The number of aromatic nitrogens is 3. The van der Waals surface area contributed by atoms with Crippen LogP contribution < -0.4 is 0 Å². The van der Waals surface area contributed by atoms with Crippen LogP contribution in [0.4, 0.5) is 4.39 Å². The SMILES string of the molecule is CN(Cc1ccco1)C(=O)CSc1nnc(-c2ccccc2F)n1-c1ccccc1.